The van der Waals surface area contributed by atoms with E-state index in [4.69, 9.17) is 0 Å². The van der Waals surface area contributed by atoms with Gasteiger partial charge in [-0.25, -0.2) is 0 Å². The lowest BCUT2D eigenvalue weighted by molar-refractivity contribution is 0.0980. The first-order valence-corrected chi connectivity index (χ1v) is 11.8. The minimum atomic E-state index is -0.0945. The van der Waals surface area contributed by atoms with Crippen molar-refractivity contribution in [3.8, 4) is 11.1 Å². The molecule has 0 spiro atoms. The second kappa shape index (κ2) is 7.22. The lowest BCUT2D eigenvalue weighted by Crippen LogP contribution is -2.21. The summed E-state index contributed by atoms with van der Waals surface area (Å²) in [7, 11) is 0. The predicted octanol–water partition coefficient (Wildman–Crippen LogP) is 7.90. The van der Waals surface area contributed by atoms with Gasteiger partial charge in [-0.1, -0.05) is 97.1 Å². The molecule has 0 N–H and O–H groups in total. The number of aryl methyl sites for hydroxylation is 1. The lowest BCUT2D eigenvalue weighted by Gasteiger charge is -2.23. The lowest BCUT2D eigenvalue weighted by atomic mass is 9.78. The van der Waals surface area contributed by atoms with Gasteiger partial charge in [0.25, 0.3) is 0 Å². The molecule has 0 fully saturated rings. The average molecular weight is 449 g/mol. The highest BCUT2D eigenvalue weighted by molar-refractivity contribution is 6.34. The van der Waals surface area contributed by atoms with Gasteiger partial charge < -0.3 is 0 Å². The Morgan fingerprint density at radius 3 is 1.40 bits per heavy atom. The molecule has 35 heavy (non-hydrogen) atoms. The third-order valence-electron chi connectivity index (χ3n) is 7.40. The van der Waals surface area contributed by atoms with Crippen LogP contribution in [0.2, 0.25) is 0 Å². The molecular weight excluding hydrogens is 428 g/mol. The number of ketones is 2. The van der Waals surface area contributed by atoms with Crippen LogP contribution in [0.25, 0.3) is 43.4 Å². The second-order valence-corrected chi connectivity index (χ2v) is 9.19. The van der Waals surface area contributed by atoms with E-state index in [1.54, 1.807) is 12.1 Å². The van der Waals surface area contributed by atoms with Crippen molar-refractivity contribution >= 4 is 43.9 Å². The molecule has 0 saturated heterocycles. The van der Waals surface area contributed by atoms with Crippen molar-refractivity contribution in [2.45, 2.75) is 6.92 Å². The average Bonchev–Trinajstić information content (AvgIpc) is 2.91. The van der Waals surface area contributed by atoms with Gasteiger partial charge >= 0.3 is 0 Å². The second-order valence-electron chi connectivity index (χ2n) is 9.19. The van der Waals surface area contributed by atoms with Gasteiger partial charge in [0.2, 0.25) is 0 Å². The van der Waals surface area contributed by atoms with Crippen molar-refractivity contribution in [2.75, 3.05) is 0 Å². The molecule has 6 aromatic rings. The van der Waals surface area contributed by atoms with Crippen molar-refractivity contribution in [2.24, 2.45) is 0 Å². The fourth-order valence-corrected chi connectivity index (χ4v) is 5.80. The fraction of sp³-hybridized carbons (Fsp3) is 0.0303. The number of carbonyl (C=O) groups excluding carboxylic acids is 2. The van der Waals surface area contributed by atoms with Crippen LogP contribution in [0.5, 0.6) is 0 Å². The van der Waals surface area contributed by atoms with Gasteiger partial charge in [-0.05, 0) is 62.0 Å². The van der Waals surface area contributed by atoms with Crippen molar-refractivity contribution < 1.29 is 9.59 Å². The smallest absolute Gasteiger partial charge is 0.195 e. The molecule has 0 radical (unpaired) electrons. The molecular formula is C33H20O2. The van der Waals surface area contributed by atoms with Crippen LogP contribution in [-0.4, -0.2) is 11.6 Å². The van der Waals surface area contributed by atoms with Crippen molar-refractivity contribution in [3.63, 3.8) is 0 Å². The Labute approximate surface area is 202 Å². The molecule has 0 unspecified atom stereocenters. The monoisotopic (exact) mass is 448 g/mol. The number of hydrogen-bond acceptors (Lipinski definition) is 2. The van der Waals surface area contributed by atoms with Crippen molar-refractivity contribution in [1.29, 1.82) is 0 Å². The molecule has 0 bridgehead atoms. The molecule has 1 aliphatic rings. The molecule has 0 atom stereocenters. The Balaban J connectivity index is 1.68. The molecule has 0 heterocycles. The summed E-state index contributed by atoms with van der Waals surface area (Å²) in [6, 6.07) is 33.9. The van der Waals surface area contributed by atoms with Crippen LogP contribution in [0.3, 0.4) is 0 Å². The summed E-state index contributed by atoms with van der Waals surface area (Å²) in [5.74, 6) is -0.181. The normalized spacial score (nSPS) is 12.8. The fourth-order valence-electron chi connectivity index (χ4n) is 5.80. The maximum absolute atomic E-state index is 13.7. The number of carbonyl (C=O) groups is 2. The molecule has 1 aliphatic carbocycles. The molecule has 164 valence electrons. The van der Waals surface area contributed by atoms with Crippen molar-refractivity contribution in [1.82, 2.24) is 0 Å². The van der Waals surface area contributed by atoms with Crippen LogP contribution in [0, 0.1) is 6.92 Å². The summed E-state index contributed by atoms with van der Waals surface area (Å²) in [5.41, 5.74) is 5.26. The first kappa shape index (κ1) is 19.9. The van der Waals surface area contributed by atoms with Crippen LogP contribution < -0.4 is 0 Å². The summed E-state index contributed by atoms with van der Waals surface area (Å²) in [6.07, 6.45) is 0. The van der Waals surface area contributed by atoms with E-state index < -0.39 is 0 Å². The zero-order valence-electron chi connectivity index (χ0n) is 19.1. The molecule has 2 nitrogen and oxygen atoms in total. The molecule has 0 saturated carbocycles. The van der Waals surface area contributed by atoms with Gasteiger partial charge in [0.15, 0.2) is 11.6 Å². The first-order chi connectivity index (χ1) is 17.1. The Bertz CT molecular complexity index is 1830. The van der Waals surface area contributed by atoms with Crippen LogP contribution in [0.1, 0.15) is 37.4 Å². The maximum atomic E-state index is 13.7. The van der Waals surface area contributed by atoms with E-state index in [0.29, 0.717) is 22.3 Å². The van der Waals surface area contributed by atoms with E-state index in [0.717, 1.165) is 32.7 Å². The predicted molar refractivity (Wildman–Crippen MR) is 142 cm³/mol. The molecule has 7 rings (SSSR count). The minimum Gasteiger partial charge on any atom is -0.289 e. The highest BCUT2D eigenvalue weighted by Gasteiger charge is 2.32. The number of rotatable bonds is 1. The SMILES string of the molecule is Cc1c2ccccc2c(-c2cc3c(c4ccccc24)C(=O)c2ccccc2C3=O)c2ccccc12. The topological polar surface area (TPSA) is 34.1 Å². The summed E-state index contributed by atoms with van der Waals surface area (Å²) in [4.78, 5) is 27.3. The standard InChI is InChI=1S/C33H20O2/c1-19-20-10-2-5-13-23(20)30(24-14-6-3-11-21(19)24)28-18-29-31(25-15-7-4-12-22(25)28)33(35)27-17-9-8-16-26(27)32(29)34/h2-18H,1H3. The van der Waals surface area contributed by atoms with E-state index in [1.807, 2.05) is 36.4 Å². The van der Waals surface area contributed by atoms with E-state index in [-0.39, 0.29) is 11.6 Å². The van der Waals surface area contributed by atoms with Gasteiger partial charge in [-0.2, -0.15) is 0 Å². The van der Waals surface area contributed by atoms with E-state index in [9.17, 15) is 9.59 Å². The summed E-state index contributed by atoms with van der Waals surface area (Å²) < 4.78 is 0. The van der Waals surface area contributed by atoms with Gasteiger partial charge in [0.1, 0.15) is 0 Å². The van der Waals surface area contributed by atoms with E-state index in [1.165, 1.54) is 16.3 Å². The summed E-state index contributed by atoms with van der Waals surface area (Å²) in [6.45, 7) is 2.17. The highest BCUT2D eigenvalue weighted by atomic mass is 16.1. The van der Waals surface area contributed by atoms with Gasteiger partial charge in [-0.3, -0.25) is 9.59 Å². The van der Waals surface area contributed by atoms with Crippen LogP contribution in [-0.2, 0) is 0 Å². The van der Waals surface area contributed by atoms with Gasteiger partial charge in [0.05, 0.1) is 0 Å². The summed E-state index contributed by atoms with van der Waals surface area (Å²) >= 11 is 0. The molecule has 2 heteroatoms. The Morgan fingerprint density at radius 1 is 0.400 bits per heavy atom. The summed E-state index contributed by atoms with van der Waals surface area (Å²) in [5, 5.41) is 6.46. The van der Waals surface area contributed by atoms with Gasteiger partial charge in [-0.15, -0.1) is 0 Å². The highest BCUT2D eigenvalue weighted by Crippen LogP contribution is 2.44. The Morgan fingerprint density at radius 2 is 0.829 bits per heavy atom. The van der Waals surface area contributed by atoms with Crippen LogP contribution in [0.15, 0.2) is 103 Å². The zero-order chi connectivity index (χ0) is 23.7. The minimum absolute atomic E-state index is 0.0865. The van der Waals surface area contributed by atoms with E-state index >= 15 is 0 Å². The molecule has 0 aliphatic heterocycles. The number of fused-ring (bicyclic) bond motifs is 6. The number of hydrogen-bond donors (Lipinski definition) is 0. The molecule has 0 amide bonds. The Kier molecular flexibility index (Phi) is 4.10. The molecule has 0 aromatic heterocycles. The van der Waals surface area contributed by atoms with Crippen LogP contribution in [0.4, 0.5) is 0 Å². The quantitative estimate of drug-likeness (QED) is 0.239. The Hall–Kier alpha value is -4.56. The van der Waals surface area contributed by atoms with Crippen molar-refractivity contribution in [3.05, 3.63) is 131 Å². The zero-order valence-corrected chi connectivity index (χ0v) is 19.1. The third kappa shape index (κ3) is 2.65. The number of benzene rings is 6. The largest absolute Gasteiger partial charge is 0.289 e. The van der Waals surface area contributed by atoms with Gasteiger partial charge in [0, 0.05) is 22.3 Å². The first-order valence-electron chi connectivity index (χ1n) is 11.8. The third-order valence-corrected chi connectivity index (χ3v) is 7.40. The van der Waals surface area contributed by atoms with Crippen LogP contribution >= 0.6 is 0 Å². The maximum Gasteiger partial charge on any atom is 0.195 e. The van der Waals surface area contributed by atoms with E-state index in [2.05, 4.69) is 61.5 Å². The molecule has 6 aromatic carbocycles.